The van der Waals surface area contributed by atoms with Gasteiger partial charge in [0, 0.05) is 6.04 Å². The molecule has 35 heavy (non-hydrogen) atoms. The maximum Gasteiger partial charge on any atom is 0.407 e. The average molecular weight is 491 g/mol. The number of nitrogens with two attached hydrogens (primary N) is 1. The van der Waals surface area contributed by atoms with Crippen LogP contribution in [0.5, 0.6) is 0 Å². The van der Waals surface area contributed by atoms with Crippen LogP contribution in [0.3, 0.4) is 0 Å². The van der Waals surface area contributed by atoms with E-state index in [9.17, 15) is 19.5 Å². The van der Waals surface area contributed by atoms with Gasteiger partial charge in [-0.2, -0.15) is 0 Å². The van der Waals surface area contributed by atoms with Gasteiger partial charge in [-0.25, -0.2) is 14.4 Å². The number of amides is 1. The van der Waals surface area contributed by atoms with E-state index in [1.807, 2.05) is 36.4 Å². The van der Waals surface area contributed by atoms with E-state index in [4.69, 9.17) is 25.8 Å². The van der Waals surface area contributed by atoms with Crippen molar-refractivity contribution in [2.45, 2.75) is 63.5 Å². The number of carboxylic acid groups (broad SMARTS) is 2. The molecule has 0 saturated heterocycles. The topological polar surface area (TPSA) is 179 Å². The zero-order valence-electron chi connectivity index (χ0n) is 20.0. The molecule has 0 bridgehead atoms. The van der Waals surface area contributed by atoms with Crippen LogP contribution < -0.4 is 11.1 Å². The summed E-state index contributed by atoms with van der Waals surface area (Å²) in [6, 6.07) is 16.5. The Hall–Kier alpha value is -3.47. The van der Waals surface area contributed by atoms with Crippen LogP contribution in [0, 0.1) is 0 Å². The Kier molecular flexibility index (Phi) is 11.9. The zero-order chi connectivity index (χ0) is 26.6. The standard InChI is InChI=1S/C15H21NO5.C10H13NO3/c1-15(2,3)21-14(20)16-11(12(17)13(18)19)9-10-7-5-4-6-8-10;11-8(9(12)10(13)14)6-7-4-2-1-3-5-7/h4-8,11-12,17H,9H2,1-3H3,(H,16,20)(H,18,19);1-5,8-9,12H,6,11H2,(H,13,14). The second-order valence-electron chi connectivity index (χ2n) is 8.86. The van der Waals surface area contributed by atoms with Gasteiger partial charge in [0.05, 0.1) is 6.04 Å². The largest absolute Gasteiger partial charge is 0.479 e. The smallest absolute Gasteiger partial charge is 0.407 e. The lowest BCUT2D eigenvalue weighted by Crippen LogP contribution is -2.49. The third-order valence-corrected chi connectivity index (χ3v) is 4.61. The fourth-order valence-electron chi connectivity index (χ4n) is 2.92. The molecule has 2 rings (SSSR count). The second-order valence-corrected chi connectivity index (χ2v) is 8.86. The summed E-state index contributed by atoms with van der Waals surface area (Å²) in [6.45, 7) is 5.10. The van der Waals surface area contributed by atoms with Crippen molar-refractivity contribution in [2.24, 2.45) is 5.73 Å². The summed E-state index contributed by atoms with van der Waals surface area (Å²) in [6.07, 6.45) is -3.43. The minimum Gasteiger partial charge on any atom is -0.479 e. The average Bonchev–Trinajstić information content (AvgIpc) is 2.78. The van der Waals surface area contributed by atoms with E-state index in [-0.39, 0.29) is 6.42 Å². The van der Waals surface area contributed by atoms with Crippen molar-refractivity contribution in [2.75, 3.05) is 0 Å². The first-order chi connectivity index (χ1) is 16.3. The zero-order valence-corrected chi connectivity index (χ0v) is 20.0. The van der Waals surface area contributed by atoms with E-state index in [2.05, 4.69) is 5.32 Å². The van der Waals surface area contributed by atoms with Crippen molar-refractivity contribution >= 4 is 18.0 Å². The first-order valence-electron chi connectivity index (χ1n) is 10.9. The Balaban J connectivity index is 0.000000379. The molecule has 0 radical (unpaired) electrons. The number of carbonyl (C=O) groups excluding carboxylic acids is 1. The molecular formula is C25H34N2O8. The third kappa shape index (κ3) is 12.0. The van der Waals surface area contributed by atoms with Gasteiger partial charge in [0.25, 0.3) is 0 Å². The second kappa shape index (κ2) is 14.1. The normalized spacial score (nSPS) is 14.3. The van der Waals surface area contributed by atoms with Crippen LogP contribution >= 0.6 is 0 Å². The molecule has 4 atom stereocenters. The summed E-state index contributed by atoms with van der Waals surface area (Å²) >= 11 is 0. The van der Waals surface area contributed by atoms with Crippen LogP contribution in [0.1, 0.15) is 31.9 Å². The molecule has 0 saturated carbocycles. The van der Waals surface area contributed by atoms with Crippen molar-refractivity contribution in [3.05, 3.63) is 71.8 Å². The van der Waals surface area contributed by atoms with Gasteiger partial charge in [-0.05, 0) is 44.7 Å². The van der Waals surface area contributed by atoms with E-state index in [0.29, 0.717) is 6.42 Å². The molecule has 10 nitrogen and oxygen atoms in total. The molecule has 0 fully saturated rings. The molecule has 0 aliphatic heterocycles. The quantitative estimate of drug-likeness (QED) is 0.304. The van der Waals surface area contributed by atoms with Crippen molar-refractivity contribution in [3.8, 4) is 0 Å². The molecular weight excluding hydrogens is 456 g/mol. The summed E-state index contributed by atoms with van der Waals surface area (Å²) in [4.78, 5) is 33.1. The number of nitrogens with one attached hydrogen (secondary N) is 1. The number of hydrogen-bond acceptors (Lipinski definition) is 7. The maximum absolute atomic E-state index is 11.7. The van der Waals surface area contributed by atoms with E-state index in [1.165, 1.54) is 0 Å². The lowest BCUT2D eigenvalue weighted by Gasteiger charge is -2.25. The van der Waals surface area contributed by atoms with Crippen LogP contribution in [-0.2, 0) is 27.2 Å². The predicted octanol–water partition coefficient (Wildman–Crippen LogP) is 1.57. The monoisotopic (exact) mass is 490 g/mol. The lowest BCUT2D eigenvalue weighted by atomic mass is 10.0. The number of ether oxygens (including phenoxy) is 1. The third-order valence-electron chi connectivity index (χ3n) is 4.61. The highest BCUT2D eigenvalue weighted by Gasteiger charge is 2.29. The molecule has 10 heteroatoms. The van der Waals surface area contributed by atoms with Gasteiger partial charge in [-0.3, -0.25) is 0 Å². The highest BCUT2D eigenvalue weighted by atomic mass is 16.6. The van der Waals surface area contributed by atoms with Gasteiger partial charge in [0.2, 0.25) is 0 Å². The number of carbonyl (C=O) groups is 3. The fraction of sp³-hybridized carbons (Fsp3) is 0.400. The van der Waals surface area contributed by atoms with Crippen LogP contribution in [0.4, 0.5) is 4.79 Å². The molecule has 0 spiro atoms. The molecule has 2 aromatic rings. The van der Waals surface area contributed by atoms with E-state index in [1.54, 1.807) is 45.0 Å². The van der Waals surface area contributed by atoms with Gasteiger partial charge in [-0.15, -0.1) is 0 Å². The van der Waals surface area contributed by atoms with Crippen molar-refractivity contribution in [1.29, 1.82) is 0 Å². The summed E-state index contributed by atoms with van der Waals surface area (Å²) in [5, 5.41) is 38.7. The summed E-state index contributed by atoms with van der Waals surface area (Å²) in [5.74, 6) is -2.68. The molecule has 0 heterocycles. The Bertz CT molecular complexity index is 931. The highest BCUT2D eigenvalue weighted by Crippen LogP contribution is 2.10. The Morgan fingerprint density at radius 3 is 1.66 bits per heavy atom. The molecule has 4 unspecified atom stereocenters. The number of carboxylic acids is 2. The number of benzene rings is 2. The first kappa shape index (κ1) is 29.6. The minimum absolute atomic E-state index is 0.188. The highest BCUT2D eigenvalue weighted by molar-refractivity contribution is 5.75. The number of rotatable bonds is 9. The van der Waals surface area contributed by atoms with Gasteiger partial charge in [-0.1, -0.05) is 60.7 Å². The molecule has 0 aliphatic carbocycles. The molecule has 192 valence electrons. The van der Waals surface area contributed by atoms with Crippen LogP contribution in [0.15, 0.2) is 60.7 Å². The maximum atomic E-state index is 11.7. The van der Waals surface area contributed by atoms with Crippen molar-refractivity contribution in [3.63, 3.8) is 0 Å². The number of alkyl carbamates (subject to hydrolysis) is 1. The fourth-order valence-corrected chi connectivity index (χ4v) is 2.92. The molecule has 0 aromatic heterocycles. The number of hydrogen-bond donors (Lipinski definition) is 6. The van der Waals surface area contributed by atoms with Gasteiger partial charge >= 0.3 is 18.0 Å². The Morgan fingerprint density at radius 2 is 1.26 bits per heavy atom. The van der Waals surface area contributed by atoms with Crippen LogP contribution in [-0.4, -0.2) is 68.4 Å². The number of aliphatic hydroxyl groups is 2. The summed E-state index contributed by atoms with van der Waals surface area (Å²) in [7, 11) is 0. The molecule has 7 N–H and O–H groups in total. The molecule has 1 amide bonds. The first-order valence-corrected chi connectivity index (χ1v) is 10.9. The van der Waals surface area contributed by atoms with Gasteiger partial charge in [0.15, 0.2) is 12.2 Å². The van der Waals surface area contributed by atoms with E-state index >= 15 is 0 Å². The Labute approximate surface area is 204 Å². The molecule has 0 aliphatic rings. The number of aliphatic hydroxyl groups excluding tert-OH is 2. The minimum atomic E-state index is -1.71. The SMILES string of the molecule is CC(C)(C)OC(=O)NC(Cc1ccccc1)C(O)C(=O)O.NC(Cc1ccccc1)C(O)C(=O)O. The number of aliphatic carboxylic acids is 2. The molecule has 2 aromatic carbocycles. The van der Waals surface area contributed by atoms with Crippen molar-refractivity contribution < 1.29 is 39.5 Å². The van der Waals surface area contributed by atoms with Gasteiger partial charge < -0.3 is 36.2 Å². The van der Waals surface area contributed by atoms with E-state index < -0.39 is 47.9 Å². The van der Waals surface area contributed by atoms with Crippen molar-refractivity contribution in [1.82, 2.24) is 5.32 Å². The lowest BCUT2D eigenvalue weighted by molar-refractivity contribution is -0.148. The Morgan fingerprint density at radius 1 is 0.829 bits per heavy atom. The van der Waals surface area contributed by atoms with Crippen LogP contribution in [0.2, 0.25) is 0 Å². The van der Waals surface area contributed by atoms with E-state index in [0.717, 1.165) is 11.1 Å². The predicted molar refractivity (Wildman–Crippen MR) is 129 cm³/mol. The van der Waals surface area contributed by atoms with Gasteiger partial charge in [0.1, 0.15) is 5.60 Å². The van der Waals surface area contributed by atoms with Crippen LogP contribution in [0.25, 0.3) is 0 Å². The summed E-state index contributed by atoms with van der Waals surface area (Å²) in [5.41, 5.74) is 6.54. The summed E-state index contributed by atoms with van der Waals surface area (Å²) < 4.78 is 5.08.